The minimum Gasteiger partial charge on any atom is -0.382 e. The molecule has 1 fully saturated rings. The number of nitrogens with zero attached hydrogens (tertiary/aromatic N) is 3. The van der Waals surface area contributed by atoms with Gasteiger partial charge in [-0.2, -0.15) is 0 Å². The summed E-state index contributed by atoms with van der Waals surface area (Å²) in [6.07, 6.45) is 2.87. The van der Waals surface area contributed by atoms with Crippen molar-refractivity contribution in [1.29, 1.82) is 0 Å². The van der Waals surface area contributed by atoms with E-state index in [9.17, 15) is 4.39 Å². The molecule has 2 aromatic carbocycles. The molecule has 2 heterocycles. The molecule has 0 spiro atoms. The van der Waals surface area contributed by atoms with Crippen LogP contribution in [0.1, 0.15) is 23.4 Å². The molecule has 26 heavy (non-hydrogen) atoms. The van der Waals surface area contributed by atoms with Gasteiger partial charge < -0.3 is 10.2 Å². The molecule has 3 aromatic rings. The maximum atomic E-state index is 13.0. The highest BCUT2D eigenvalue weighted by Gasteiger charge is 2.21. The standard InChI is InChI=1S/C20H21FN4S/c21-16-8-6-15(7-9-16)14-19-23-24-20(26-19)25-12-10-18(11-13-25)22-17-4-2-1-3-5-17/h1-9,18,22H,10-14H2. The molecule has 0 radical (unpaired) electrons. The molecule has 0 unspecified atom stereocenters. The van der Waals surface area contributed by atoms with Gasteiger partial charge in [0.2, 0.25) is 5.13 Å². The monoisotopic (exact) mass is 368 g/mol. The van der Waals surface area contributed by atoms with Gasteiger partial charge in [0.1, 0.15) is 10.8 Å². The second kappa shape index (κ2) is 7.83. The number of aromatic nitrogens is 2. The summed E-state index contributed by atoms with van der Waals surface area (Å²) in [4.78, 5) is 2.31. The van der Waals surface area contributed by atoms with Crippen LogP contribution >= 0.6 is 11.3 Å². The van der Waals surface area contributed by atoms with Crippen LogP contribution in [0.4, 0.5) is 15.2 Å². The summed E-state index contributed by atoms with van der Waals surface area (Å²) < 4.78 is 13.0. The molecule has 6 heteroatoms. The number of benzene rings is 2. The maximum Gasteiger partial charge on any atom is 0.208 e. The van der Waals surface area contributed by atoms with Gasteiger partial charge >= 0.3 is 0 Å². The summed E-state index contributed by atoms with van der Waals surface area (Å²) in [6, 6.07) is 17.4. The fourth-order valence-electron chi connectivity index (χ4n) is 3.21. The normalized spacial score (nSPS) is 15.2. The number of para-hydroxylation sites is 1. The molecule has 4 rings (SSSR count). The highest BCUT2D eigenvalue weighted by molar-refractivity contribution is 7.15. The van der Waals surface area contributed by atoms with Gasteiger partial charge in [0.05, 0.1) is 0 Å². The van der Waals surface area contributed by atoms with Crippen LogP contribution in [-0.2, 0) is 6.42 Å². The smallest absolute Gasteiger partial charge is 0.208 e. The summed E-state index contributed by atoms with van der Waals surface area (Å²) in [5.74, 6) is -0.210. The first kappa shape index (κ1) is 17.0. The van der Waals surface area contributed by atoms with Crippen LogP contribution in [-0.4, -0.2) is 29.3 Å². The zero-order valence-corrected chi connectivity index (χ0v) is 15.3. The largest absolute Gasteiger partial charge is 0.382 e. The van der Waals surface area contributed by atoms with Crippen LogP contribution in [0.5, 0.6) is 0 Å². The number of halogens is 1. The Bertz CT molecular complexity index is 827. The fourth-order valence-corrected chi connectivity index (χ4v) is 4.13. The predicted molar refractivity (Wildman–Crippen MR) is 104 cm³/mol. The molecule has 0 saturated carbocycles. The highest BCUT2D eigenvalue weighted by atomic mass is 32.1. The lowest BCUT2D eigenvalue weighted by Crippen LogP contribution is -2.39. The SMILES string of the molecule is Fc1ccc(Cc2nnc(N3CCC(Nc4ccccc4)CC3)s2)cc1. The van der Waals surface area contributed by atoms with E-state index in [4.69, 9.17) is 0 Å². The van der Waals surface area contributed by atoms with Gasteiger partial charge in [-0.05, 0) is 42.7 Å². The molecule has 134 valence electrons. The quantitative estimate of drug-likeness (QED) is 0.727. The number of anilines is 2. The molecule has 1 saturated heterocycles. The van der Waals surface area contributed by atoms with Crippen molar-refractivity contribution in [2.24, 2.45) is 0 Å². The van der Waals surface area contributed by atoms with Crippen molar-refractivity contribution in [3.8, 4) is 0 Å². The summed E-state index contributed by atoms with van der Waals surface area (Å²) in [6.45, 7) is 1.96. The third kappa shape index (κ3) is 4.19. The van der Waals surface area contributed by atoms with Crippen LogP contribution < -0.4 is 10.2 Å². The molecule has 1 aliphatic heterocycles. The van der Waals surface area contributed by atoms with E-state index in [2.05, 4.69) is 44.7 Å². The Morgan fingerprint density at radius 3 is 2.46 bits per heavy atom. The maximum absolute atomic E-state index is 13.0. The third-order valence-corrected chi connectivity index (χ3v) is 5.62. The average molecular weight is 368 g/mol. The Morgan fingerprint density at radius 1 is 1.00 bits per heavy atom. The van der Waals surface area contributed by atoms with Gasteiger partial charge in [-0.25, -0.2) is 4.39 Å². The van der Waals surface area contributed by atoms with Gasteiger partial charge in [-0.3, -0.25) is 0 Å². The highest BCUT2D eigenvalue weighted by Crippen LogP contribution is 2.26. The molecule has 0 amide bonds. The zero-order chi connectivity index (χ0) is 17.8. The van der Waals surface area contributed by atoms with Crippen molar-refractivity contribution in [3.05, 3.63) is 71.0 Å². The lowest BCUT2D eigenvalue weighted by molar-refractivity contribution is 0.525. The summed E-state index contributed by atoms with van der Waals surface area (Å²) in [5, 5.41) is 14.2. The van der Waals surface area contributed by atoms with Crippen molar-refractivity contribution in [3.63, 3.8) is 0 Å². The Balaban J connectivity index is 1.32. The van der Waals surface area contributed by atoms with Crippen molar-refractivity contribution < 1.29 is 4.39 Å². The van der Waals surface area contributed by atoms with E-state index in [0.29, 0.717) is 12.5 Å². The Morgan fingerprint density at radius 2 is 1.73 bits per heavy atom. The van der Waals surface area contributed by atoms with Crippen LogP contribution in [0, 0.1) is 5.82 Å². The summed E-state index contributed by atoms with van der Waals surface area (Å²) in [7, 11) is 0. The van der Waals surface area contributed by atoms with Crippen LogP contribution in [0.3, 0.4) is 0 Å². The molecule has 1 aliphatic rings. The average Bonchev–Trinajstić information content (AvgIpc) is 3.14. The second-order valence-electron chi connectivity index (χ2n) is 6.55. The van der Waals surface area contributed by atoms with Gasteiger partial charge in [0.25, 0.3) is 0 Å². The van der Waals surface area contributed by atoms with Crippen molar-refractivity contribution >= 4 is 22.2 Å². The topological polar surface area (TPSA) is 41.1 Å². The van der Waals surface area contributed by atoms with E-state index in [1.165, 1.54) is 17.8 Å². The first-order chi connectivity index (χ1) is 12.8. The van der Waals surface area contributed by atoms with Gasteiger partial charge in [-0.15, -0.1) is 10.2 Å². The number of rotatable bonds is 5. The lowest BCUT2D eigenvalue weighted by Gasteiger charge is -2.32. The van der Waals surface area contributed by atoms with E-state index < -0.39 is 0 Å². The summed E-state index contributed by atoms with van der Waals surface area (Å²) >= 11 is 1.63. The van der Waals surface area contributed by atoms with E-state index in [1.54, 1.807) is 23.5 Å². The van der Waals surface area contributed by atoms with Crippen LogP contribution in [0.2, 0.25) is 0 Å². The van der Waals surface area contributed by atoms with E-state index in [0.717, 1.165) is 41.6 Å². The van der Waals surface area contributed by atoms with Crippen molar-refractivity contribution in [1.82, 2.24) is 10.2 Å². The van der Waals surface area contributed by atoms with E-state index in [1.807, 2.05) is 6.07 Å². The van der Waals surface area contributed by atoms with Crippen molar-refractivity contribution in [2.75, 3.05) is 23.3 Å². The van der Waals surface area contributed by atoms with Crippen molar-refractivity contribution in [2.45, 2.75) is 25.3 Å². The van der Waals surface area contributed by atoms with Crippen LogP contribution in [0.25, 0.3) is 0 Å². The Hall–Kier alpha value is -2.47. The third-order valence-electron chi connectivity index (χ3n) is 4.63. The predicted octanol–water partition coefficient (Wildman–Crippen LogP) is 4.35. The number of hydrogen-bond donors (Lipinski definition) is 1. The fraction of sp³-hybridized carbons (Fsp3) is 0.300. The first-order valence-corrected chi connectivity index (χ1v) is 9.71. The minimum atomic E-state index is -0.210. The van der Waals surface area contributed by atoms with Gasteiger partial charge in [0.15, 0.2) is 0 Å². The zero-order valence-electron chi connectivity index (χ0n) is 14.4. The Labute approximate surface area is 156 Å². The molecule has 0 atom stereocenters. The molecule has 1 aromatic heterocycles. The molecular weight excluding hydrogens is 347 g/mol. The molecule has 1 N–H and O–H groups in total. The van der Waals surface area contributed by atoms with Crippen LogP contribution in [0.15, 0.2) is 54.6 Å². The molecular formula is C20H21FN4S. The molecule has 4 nitrogen and oxygen atoms in total. The summed E-state index contributed by atoms with van der Waals surface area (Å²) in [5.41, 5.74) is 2.24. The van der Waals surface area contributed by atoms with E-state index >= 15 is 0 Å². The molecule has 0 bridgehead atoms. The Kier molecular flexibility index (Phi) is 5.11. The van der Waals surface area contributed by atoms with Gasteiger partial charge in [-0.1, -0.05) is 41.7 Å². The first-order valence-electron chi connectivity index (χ1n) is 8.89. The second-order valence-corrected chi connectivity index (χ2v) is 7.59. The van der Waals surface area contributed by atoms with E-state index in [-0.39, 0.29) is 5.82 Å². The number of piperidine rings is 1. The van der Waals surface area contributed by atoms with Gasteiger partial charge in [0, 0.05) is 31.2 Å². The minimum absolute atomic E-state index is 0.210. The number of hydrogen-bond acceptors (Lipinski definition) is 5. The molecule has 0 aliphatic carbocycles. The number of nitrogens with one attached hydrogen (secondary N) is 1. The lowest BCUT2D eigenvalue weighted by atomic mass is 10.1.